The Bertz CT molecular complexity index is 1300. The number of fused-ring (bicyclic) bond motifs is 1. The molecule has 2 aromatic rings. The Morgan fingerprint density at radius 3 is 2.33 bits per heavy atom. The van der Waals surface area contributed by atoms with E-state index in [-0.39, 0.29) is 28.4 Å². The number of ketones is 1. The molecule has 1 aromatic carbocycles. The third-order valence-electron chi connectivity index (χ3n) is 6.61. The molecular weight excluding hydrogens is 484 g/mol. The molecule has 1 fully saturated rings. The first-order chi connectivity index (χ1) is 16.8. The largest absolute Gasteiger partial charge is 0.357 e. The van der Waals surface area contributed by atoms with Crippen molar-refractivity contribution in [2.45, 2.75) is 51.1 Å². The van der Waals surface area contributed by atoms with E-state index in [2.05, 4.69) is 16.0 Å². The molecule has 0 bridgehead atoms. The van der Waals surface area contributed by atoms with Crippen molar-refractivity contribution in [1.29, 1.82) is 0 Å². The smallest absolute Gasteiger partial charge is 0.293 e. The fourth-order valence-electron chi connectivity index (χ4n) is 5.05. The molecule has 0 spiro atoms. The third-order valence-corrected chi connectivity index (χ3v) is 6.61. The van der Waals surface area contributed by atoms with Crippen LogP contribution in [0.25, 0.3) is 0 Å². The molecule has 0 radical (unpaired) electrons. The lowest BCUT2D eigenvalue weighted by molar-refractivity contribution is -0.164. The molecule has 3 amide bonds. The summed E-state index contributed by atoms with van der Waals surface area (Å²) in [5.74, 6) is -9.21. The quantitative estimate of drug-likeness (QED) is 0.317. The summed E-state index contributed by atoms with van der Waals surface area (Å²) in [4.78, 5) is 51.4. The highest BCUT2D eigenvalue weighted by Crippen LogP contribution is 2.46. The first kappa shape index (κ1) is 25.4. The second-order valence-corrected chi connectivity index (χ2v) is 9.45. The van der Waals surface area contributed by atoms with Gasteiger partial charge in [0.05, 0.1) is 5.56 Å². The summed E-state index contributed by atoms with van der Waals surface area (Å²) < 4.78 is 55.6. The fourth-order valence-corrected chi connectivity index (χ4v) is 5.05. The number of hydrogen-bond acceptors (Lipinski definition) is 4. The van der Waals surface area contributed by atoms with Crippen molar-refractivity contribution in [3.63, 3.8) is 0 Å². The summed E-state index contributed by atoms with van der Waals surface area (Å²) in [6.07, 6.45) is -1.51. The van der Waals surface area contributed by atoms with Gasteiger partial charge >= 0.3 is 0 Å². The van der Waals surface area contributed by atoms with Crippen molar-refractivity contribution in [3.8, 4) is 0 Å². The Labute approximate surface area is 203 Å². The van der Waals surface area contributed by atoms with Crippen molar-refractivity contribution in [2.75, 3.05) is 12.4 Å². The van der Waals surface area contributed by atoms with E-state index >= 15 is 0 Å². The van der Waals surface area contributed by atoms with Gasteiger partial charge in [-0.15, -0.1) is 0 Å². The number of carbonyl (C=O) groups excluding carboxylic acids is 4. The molecule has 192 valence electrons. The highest BCUT2D eigenvalue weighted by Gasteiger charge is 2.62. The van der Waals surface area contributed by atoms with Crippen LogP contribution in [0.3, 0.4) is 0 Å². The molecule has 1 saturated carbocycles. The Kier molecular flexibility index (Phi) is 6.17. The zero-order chi connectivity index (χ0) is 26.6. The van der Waals surface area contributed by atoms with Crippen LogP contribution < -0.4 is 16.0 Å². The van der Waals surface area contributed by atoms with Gasteiger partial charge in [-0.2, -0.15) is 0 Å². The summed E-state index contributed by atoms with van der Waals surface area (Å²) in [7, 11) is 1.23. The van der Waals surface area contributed by atoms with Gasteiger partial charge in [-0.25, -0.2) is 17.6 Å². The maximum absolute atomic E-state index is 13.6. The summed E-state index contributed by atoms with van der Waals surface area (Å²) >= 11 is 0. The Hall–Kier alpha value is -3.70. The topological polar surface area (TPSA) is 109 Å². The van der Waals surface area contributed by atoms with Crippen LogP contribution in [0.5, 0.6) is 0 Å². The lowest BCUT2D eigenvalue weighted by Crippen LogP contribution is -2.69. The average molecular weight is 508 g/mol. The number of benzene rings is 1. The number of alkyl halides is 2. The lowest BCUT2D eigenvalue weighted by atomic mass is 9.72. The Morgan fingerprint density at radius 1 is 1.08 bits per heavy atom. The van der Waals surface area contributed by atoms with E-state index in [4.69, 9.17) is 0 Å². The van der Waals surface area contributed by atoms with Gasteiger partial charge < -0.3 is 20.5 Å². The van der Waals surface area contributed by atoms with Crippen LogP contribution in [0.15, 0.2) is 18.2 Å². The van der Waals surface area contributed by atoms with Crippen LogP contribution in [0.4, 0.5) is 23.2 Å². The first-order valence-corrected chi connectivity index (χ1v) is 11.2. The van der Waals surface area contributed by atoms with Crippen LogP contribution in [-0.4, -0.2) is 46.6 Å². The fraction of sp³-hybridized carbons (Fsp3) is 0.417. The molecular formula is C24H24F4N4O4. The van der Waals surface area contributed by atoms with E-state index in [0.717, 1.165) is 12.1 Å². The van der Waals surface area contributed by atoms with E-state index in [1.165, 1.54) is 20.0 Å². The number of nitrogens with zero attached hydrogens (tertiary/aromatic N) is 1. The number of hydrogen-bond donors (Lipinski definition) is 3. The second kappa shape index (κ2) is 8.75. The van der Waals surface area contributed by atoms with Gasteiger partial charge in [0.2, 0.25) is 5.91 Å². The number of Topliss-reactive ketones (excluding diaryl/α,β-unsaturated/α-hetero) is 1. The van der Waals surface area contributed by atoms with E-state index in [0.29, 0.717) is 18.7 Å². The van der Waals surface area contributed by atoms with Gasteiger partial charge in [0.1, 0.15) is 11.2 Å². The predicted molar refractivity (Wildman–Crippen MR) is 120 cm³/mol. The van der Waals surface area contributed by atoms with Gasteiger partial charge in [0.15, 0.2) is 11.6 Å². The number of nitrogens with one attached hydrogen (secondary N) is 3. The van der Waals surface area contributed by atoms with E-state index < -0.39 is 59.4 Å². The van der Waals surface area contributed by atoms with Gasteiger partial charge in [-0.3, -0.25) is 19.2 Å². The highest BCUT2D eigenvalue weighted by molar-refractivity contribution is 6.44. The van der Waals surface area contributed by atoms with Gasteiger partial charge in [0, 0.05) is 43.9 Å². The molecule has 0 saturated heterocycles. The first-order valence-electron chi connectivity index (χ1n) is 11.2. The molecule has 4 rings (SSSR count). The Balaban J connectivity index is 1.65. The molecule has 1 aliphatic heterocycles. The number of halogens is 4. The number of rotatable bonds is 6. The molecule has 2 aliphatic rings. The molecule has 1 atom stereocenters. The minimum atomic E-state index is -3.16. The van der Waals surface area contributed by atoms with E-state index in [1.54, 1.807) is 4.57 Å². The number of aromatic nitrogens is 1. The lowest BCUT2D eigenvalue weighted by Gasteiger charge is -2.45. The standard InChI is InChI=1S/C24H24F4N4O4/c1-11-6-16-17(19(33)21(35)31-23(22(36)29-3)9-24(27,28)10-23)12(2)18(32(16)8-11)20(34)30-13-4-5-14(25)15(26)7-13/h4-5,7,11H,6,8-10H2,1-3H3,(H,29,36)(H,30,34)(H,31,35)/t11-/m1/s1. The van der Waals surface area contributed by atoms with Crippen LogP contribution in [0.2, 0.25) is 0 Å². The molecule has 2 heterocycles. The molecule has 1 aromatic heterocycles. The normalized spacial score (nSPS) is 19.1. The van der Waals surface area contributed by atoms with Crippen molar-refractivity contribution >= 4 is 29.2 Å². The van der Waals surface area contributed by atoms with Gasteiger partial charge in [-0.1, -0.05) is 6.92 Å². The SMILES string of the molecule is CNC(=O)C1(NC(=O)C(=O)c2c(C)c(C(=O)Nc3ccc(F)c(F)c3)n3c2C[C@@H](C)C3)CC(F)(F)C1. The number of amides is 3. The van der Waals surface area contributed by atoms with Crippen LogP contribution in [0.1, 0.15) is 51.9 Å². The zero-order valence-corrected chi connectivity index (χ0v) is 19.7. The number of carbonyl (C=O) groups is 4. The van der Waals surface area contributed by atoms with E-state index in [9.17, 15) is 36.7 Å². The van der Waals surface area contributed by atoms with Gasteiger partial charge in [0.25, 0.3) is 23.5 Å². The molecule has 36 heavy (non-hydrogen) atoms. The molecule has 0 unspecified atom stereocenters. The van der Waals surface area contributed by atoms with Crippen molar-refractivity contribution < 1.29 is 36.7 Å². The van der Waals surface area contributed by atoms with Crippen LogP contribution in [-0.2, 0) is 22.6 Å². The Morgan fingerprint density at radius 2 is 1.75 bits per heavy atom. The highest BCUT2D eigenvalue weighted by atomic mass is 19.3. The monoisotopic (exact) mass is 508 g/mol. The molecule has 12 heteroatoms. The summed E-state index contributed by atoms with van der Waals surface area (Å²) in [5, 5.41) is 6.89. The molecule has 8 nitrogen and oxygen atoms in total. The van der Waals surface area contributed by atoms with Crippen LogP contribution in [0, 0.1) is 24.5 Å². The van der Waals surface area contributed by atoms with Crippen LogP contribution >= 0.6 is 0 Å². The van der Waals surface area contributed by atoms with Crippen molar-refractivity contribution in [2.24, 2.45) is 5.92 Å². The second-order valence-electron chi connectivity index (χ2n) is 9.45. The summed E-state index contributed by atoms with van der Waals surface area (Å²) in [6, 6.07) is 2.84. The van der Waals surface area contributed by atoms with Crippen molar-refractivity contribution in [1.82, 2.24) is 15.2 Å². The minimum Gasteiger partial charge on any atom is -0.357 e. The number of anilines is 1. The molecule has 1 aliphatic carbocycles. The maximum atomic E-state index is 13.6. The van der Waals surface area contributed by atoms with Crippen molar-refractivity contribution in [3.05, 3.63) is 52.3 Å². The summed E-state index contributed by atoms with van der Waals surface area (Å²) in [6.45, 7) is 3.70. The third kappa shape index (κ3) is 4.24. The predicted octanol–water partition coefficient (Wildman–Crippen LogP) is 2.73. The summed E-state index contributed by atoms with van der Waals surface area (Å²) in [5.41, 5.74) is -1.32. The minimum absolute atomic E-state index is 0.0102. The molecule has 3 N–H and O–H groups in total. The average Bonchev–Trinajstić information content (AvgIpc) is 3.26. The van der Waals surface area contributed by atoms with Gasteiger partial charge in [-0.05, 0) is 37.0 Å². The maximum Gasteiger partial charge on any atom is 0.293 e. The zero-order valence-electron chi connectivity index (χ0n) is 19.7. The van der Waals surface area contributed by atoms with E-state index in [1.807, 2.05) is 6.92 Å². The number of likely N-dealkylation sites (N-methyl/N-ethyl adjacent to an activating group) is 1.